The van der Waals surface area contributed by atoms with Gasteiger partial charge in [-0.2, -0.15) is 0 Å². The first kappa shape index (κ1) is 16.7. The van der Waals surface area contributed by atoms with Crippen LogP contribution in [0.15, 0.2) is 24.3 Å². The second-order valence-electron chi connectivity index (χ2n) is 7.24. The molecule has 0 bridgehead atoms. The molecule has 2 aromatic carbocycles. The zero-order valence-corrected chi connectivity index (χ0v) is 14.9. The molecule has 1 aliphatic rings. The number of benzene rings is 2. The van der Waals surface area contributed by atoms with Gasteiger partial charge in [-0.25, -0.2) is 0 Å². The van der Waals surface area contributed by atoms with Crippen LogP contribution in [0.3, 0.4) is 0 Å². The summed E-state index contributed by atoms with van der Waals surface area (Å²) < 4.78 is 6.20. The molecule has 3 rings (SSSR count). The Morgan fingerprint density at radius 3 is 2.46 bits per heavy atom. The van der Waals surface area contributed by atoms with Gasteiger partial charge in [0.05, 0.1) is 5.56 Å². The van der Waals surface area contributed by atoms with Gasteiger partial charge >= 0.3 is 0 Å². The SMILES string of the molecule is CCCCCc1cc(O)c2c(c1)OC(C)(C)c1cc(O)c(C)cc1-2. The van der Waals surface area contributed by atoms with E-state index in [1.165, 1.54) is 12.8 Å². The van der Waals surface area contributed by atoms with E-state index in [1.54, 1.807) is 6.07 Å². The largest absolute Gasteiger partial charge is 0.508 e. The van der Waals surface area contributed by atoms with Crippen molar-refractivity contribution in [2.45, 2.75) is 59.0 Å². The van der Waals surface area contributed by atoms with E-state index in [9.17, 15) is 10.2 Å². The summed E-state index contributed by atoms with van der Waals surface area (Å²) in [5.74, 6) is 1.23. The molecule has 0 aliphatic carbocycles. The van der Waals surface area contributed by atoms with Crippen LogP contribution in [-0.4, -0.2) is 10.2 Å². The molecule has 24 heavy (non-hydrogen) atoms. The Kier molecular flexibility index (Phi) is 4.20. The average molecular weight is 326 g/mol. The number of phenolic OH excluding ortho intramolecular Hbond substituents is 2. The molecule has 0 amide bonds. The molecular weight excluding hydrogens is 300 g/mol. The first-order chi connectivity index (χ1) is 11.3. The Labute approximate surface area is 143 Å². The number of hydrogen-bond donors (Lipinski definition) is 2. The second kappa shape index (κ2) is 6.04. The first-order valence-corrected chi connectivity index (χ1v) is 8.73. The lowest BCUT2D eigenvalue weighted by molar-refractivity contribution is 0.105. The van der Waals surface area contributed by atoms with E-state index in [-0.39, 0.29) is 11.5 Å². The van der Waals surface area contributed by atoms with Crippen LogP contribution in [0.25, 0.3) is 11.1 Å². The third-order valence-electron chi connectivity index (χ3n) is 4.83. The van der Waals surface area contributed by atoms with Crippen LogP contribution in [-0.2, 0) is 12.0 Å². The summed E-state index contributed by atoms with van der Waals surface area (Å²) >= 11 is 0. The molecule has 0 atom stereocenters. The Balaban J connectivity index is 2.12. The fraction of sp³-hybridized carbons (Fsp3) is 0.429. The van der Waals surface area contributed by atoms with Gasteiger partial charge in [-0.3, -0.25) is 0 Å². The number of phenols is 2. The lowest BCUT2D eigenvalue weighted by atomic mass is 9.84. The van der Waals surface area contributed by atoms with Crippen molar-refractivity contribution < 1.29 is 14.9 Å². The van der Waals surface area contributed by atoms with Crippen LogP contribution in [0, 0.1) is 6.92 Å². The molecule has 2 N–H and O–H groups in total. The highest BCUT2D eigenvalue weighted by molar-refractivity contribution is 5.83. The summed E-state index contributed by atoms with van der Waals surface area (Å²) in [6.07, 6.45) is 4.42. The van der Waals surface area contributed by atoms with Gasteiger partial charge in [0, 0.05) is 5.56 Å². The maximum Gasteiger partial charge on any atom is 0.132 e. The molecule has 3 heteroatoms. The summed E-state index contributed by atoms with van der Waals surface area (Å²) in [5, 5.41) is 20.7. The van der Waals surface area contributed by atoms with Crippen molar-refractivity contribution in [2.75, 3.05) is 0 Å². The maximum atomic E-state index is 10.6. The van der Waals surface area contributed by atoms with Gasteiger partial charge in [-0.1, -0.05) is 19.8 Å². The van der Waals surface area contributed by atoms with E-state index < -0.39 is 5.60 Å². The minimum atomic E-state index is -0.554. The molecule has 0 unspecified atom stereocenters. The van der Waals surface area contributed by atoms with Crippen LogP contribution >= 0.6 is 0 Å². The van der Waals surface area contributed by atoms with Crippen molar-refractivity contribution in [1.82, 2.24) is 0 Å². The lowest BCUT2D eigenvalue weighted by Crippen LogP contribution is -2.29. The standard InChI is InChI=1S/C21H26O3/c1-5-6-7-8-14-10-18(23)20-15-9-13(2)17(22)12-16(15)21(3,4)24-19(20)11-14/h9-12,22-23H,5-8H2,1-4H3. The van der Waals surface area contributed by atoms with Crippen LogP contribution < -0.4 is 4.74 Å². The number of rotatable bonds is 4. The van der Waals surface area contributed by atoms with Gasteiger partial charge in [0.1, 0.15) is 22.8 Å². The van der Waals surface area contributed by atoms with Crippen molar-refractivity contribution in [2.24, 2.45) is 0 Å². The Morgan fingerprint density at radius 1 is 1.00 bits per heavy atom. The van der Waals surface area contributed by atoms with Crippen molar-refractivity contribution in [3.05, 3.63) is 41.0 Å². The third-order valence-corrected chi connectivity index (χ3v) is 4.83. The number of ether oxygens (including phenoxy) is 1. The molecule has 0 aromatic heterocycles. The minimum Gasteiger partial charge on any atom is -0.508 e. The van der Waals surface area contributed by atoms with Gasteiger partial charge in [-0.05, 0) is 74.6 Å². The fourth-order valence-corrected chi connectivity index (χ4v) is 3.46. The van der Waals surface area contributed by atoms with E-state index in [0.717, 1.165) is 46.4 Å². The predicted molar refractivity (Wildman–Crippen MR) is 96.8 cm³/mol. The molecule has 2 aromatic rings. The Bertz CT molecular complexity index is 775. The van der Waals surface area contributed by atoms with Crippen LogP contribution in [0.2, 0.25) is 0 Å². The van der Waals surface area contributed by atoms with Crippen molar-refractivity contribution in [1.29, 1.82) is 0 Å². The van der Waals surface area contributed by atoms with E-state index >= 15 is 0 Å². The minimum absolute atomic E-state index is 0.251. The van der Waals surface area contributed by atoms with E-state index in [0.29, 0.717) is 0 Å². The summed E-state index contributed by atoms with van der Waals surface area (Å²) in [4.78, 5) is 0. The molecule has 1 aliphatic heterocycles. The average Bonchev–Trinajstić information content (AvgIpc) is 2.49. The molecule has 0 spiro atoms. The van der Waals surface area contributed by atoms with Gasteiger partial charge in [0.25, 0.3) is 0 Å². The molecular formula is C21H26O3. The Hall–Kier alpha value is -2.16. The maximum absolute atomic E-state index is 10.6. The monoisotopic (exact) mass is 326 g/mol. The molecule has 0 saturated carbocycles. The number of fused-ring (bicyclic) bond motifs is 3. The first-order valence-electron chi connectivity index (χ1n) is 8.73. The van der Waals surface area contributed by atoms with Gasteiger partial charge in [-0.15, -0.1) is 0 Å². The summed E-state index contributed by atoms with van der Waals surface area (Å²) in [5.41, 5.74) is 3.91. The molecule has 128 valence electrons. The van der Waals surface area contributed by atoms with Crippen molar-refractivity contribution in [3.8, 4) is 28.4 Å². The molecule has 3 nitrogen and oxygen atoms in total. The van der Waals surface area contributed by atoms with Crippen molar-refractivity contribution >= 4 is 0 Å². The third kappa shape index (κ3) is 2.83. The number of unbranched alkanes of at least 4 members (excludes halogenated alkanes) is 2. The fourth-order valence-electron chi connectivity index (χ4n) is 3.46. The zero-order valence-electron chi connectivity index (χ0n) is 14.9. The summed E-state index contributed by atoms with van der Waals surface area (Å²) in [7, 11) is 0. The van der Waals surface area contributed by atoms with Gasteiger partial charge in [0.2, 0.25) is 0 Å². The second-order valence-corrected chi connectivity index (χ2v) is 7.24. The quantitative estimate of drug-likeness (QED) is 0.736. The smallest absolute Gasteiger partial charge is 0.132 e. The number of hydrogen-bond acceptors (Lipinski definition) is 3. The molecule has 1 heterocycles. The zero-order chi connectivity index (χ0) is 17.5. The van der Waals surface area contributed by atoms with Crippen LogP contribution in [0.5, 0.6) is 17.2 Å². The predicted octanol–water partition coefficient (Wildman–Crippen LogP) is 5.43. The van der Waals surface area contributed by atoms with Crippen LogP contribution in [0.1, 0.15) is 56.7 Å². The normalized spacial score (nSPS) is 14.7. The molecule has 0 saturated heterocycles. The van der Waals surface area contributed by atoms with E-state index in [1.807, 2.05) is 32.9 Å². The van der Waals surface area contributed by atoms with Crippen LogP contribution in [0.4, 0.5) is 0 Å². The Morgan fingerprint density at radius 2 is 1.75 bits per heavy atom. The highest BCUT2D eigenvalue weighted by atomic mass is 16.5. The van der Waals surface area contributed by atoms with E-state index in [4.69, 9.17) is 4.74 Å². The highest BCUT2D eigenvalue weighted by Gasteiger charge is 2.35. The lowest BCUT2D eigenvalue weighted by Gasteiger charge is -2.36. The molecule has 0 radical (unpaired) electrons. The van der Waals surface area contributed by atoms with E-state index in [2.05, 4.69) is 13.0 Å². The van der Waals surface area contributed by atoms with Crippen molar-refractivity contribution in [3.63, 3.8) is 0 Å². The summed E-state index contributed by atoms with van der Waals surface area (Å²) in [6, 6.07) is 7.59. The topological polar surface area (TPSA) is 49.7 Å². The summed E-state index contributed by atoms with van der Waals surface area (Å²) in [6.45, 7) is 8.03. The highest BCUT2D eigenvalue weighted by Crippen LogP contribution is 2.50. The number of aryl methyl sites for hydroxylation is 2. The molecule has 0 fully saturated rings. The van der Waals surface area contributed by atoms with Gasteiger partial charge in [0.15, 0.2) is 0 Å². The van der Waals surface area contributed by atoms with Gasteiger partial charge < -0.3 is 14.9 Å². The number of aromatic hydroxyl groups is 2.